The molecule has 6 aromatic rings. The zero-order chi connectivity index (χ0) is 42.5. The monoisotopic (exact) mass is 1030 g/mol. The fourth-order valence-corrected chi connectivity index (χ4v) is 30.7. The van der Waals surface area contributed by atoms with E-state index in [1.54, 1.807) is 36.4 Å². The van der Waals surface area contributed by atoms with Gasteiger partial charge >= 0.3 is 357 Å². The van der Waals surface area contributed by atoms with Crippen LogP contribution in [0.1, 0.15) is 0 Å². The Morgan fingerprint density at radius 3 is 0.847 bits per heavy atom. The summed E-state index contributed by atoms with van der Waals surface area (Å²) in [6.45, 7) is 0. The number of nitro groups is 2. The van der Waals surface area contributed by atoms with Gasteiger partial charge < -0.3 is 0 Å². The third-order valence-electron chi connectivity index (χ3n) is 9.38. The average molecular weight is 1030 g/mol. The maximum absolute atomic E-state index is 12.7. The third kappa shape index (κ3) is 9.20. The number of nitro benzene ring substituents is 2. The SMILES string of the molecule is CN(C)c1ccc([Te](Oc2ccccc2[N+](=O)[O-])(O[Te](Oc2ccccc2[N+](=O)[O-])(c2ccc(N(C)C)cc2)c2ccc(N(C)C)cc2)c2ccc(N(C)C)cc2)cc1. The molecule has 0 saturated heterocycles. The van der Waals surface area contributed by atoms with E-state index in [-0.39, 0.29) is 22.9 Å². The Kier molecular flexibility index (Phi) is 13.3. The Labute approximate surface area is 355 Å². The van der Waals surface area contributed by atoms with Crippen LogP contribution in [-0.4, -0.2) is 104 Å². The second-order valence-corrected chi connectivity index (χ2v) is 29.3. The molecule has 0 aliphatic rings. The Morgan fingerprint density at radius 1 is 0.390 bits per heavy atom. The van der Waals surface area contributed by atoms with Gasteiger partial charge in [-0.05, 0) is 0 Å². The van der Waals surface area contributed by atoms with Crippen LogP contribution in [-0.2, 0) is 1.47 Å². The normalized spacial score (nSPS) is 11.9. The topological polar surface area (TPSA) is 127 Å². The molecule has 0 heterocycles. The van der Waals surface area contributed by atoms with Gasteiger partial charge in [-0.15, -0.1) is 0 Å². The second-order valence-electron chi connectivity index (χ2n) is 14.2. The van der Waals surface area contributed by atoms with Crippen molar-refractivity contribution in [3.05, 3.63) is 166 Å². The Morgan fingerprint density at radius 2 is 0.627 bits per heavy atom. The van der Waals surface area contributed by atoms with Crippen molar-refractivity contribution >= 4 is 86.6 Å². The van der Waals surface area contributed by atoms with Gasteiger partial charge in [-0.3, -0.25) is 0 Å². The van der Waals surface area contributed by atoms with Gasteiger partial charge in [0.2, 0.25) is 0 Å². The molecule has 59 heavy (non-hydrogen) atoms. The van der Waals surface area contributed by atoms with Crippen molar-refractivity contribution in [2.24, 2.45) is 0 Å². The molecule has 0 bridgehead atoms. The molecular formula is C44H48N6O7Te2. The van der Waals surface area contributed by atoms with Crippen LogP contribution in [0.5, 0.6) is 11.5 Å². The van der Waals surface area contributed by atoms with Gasteiger partial charge in [0.15, 0.2) is 0 Å². The summed E-state index contributed by atoms with van der Waals surface area (Å²) in [6, 6.07) is 43.9. The zero-order valence-electron chi connectivity index (χ0n) is 34.2. The first-order chi connectivity index (χ1) is 28.1. The van der Waals surface area contributed by atoms with Crippen molar-refractivity contribution in [1.82, 2.24) is 0 Å². The number of hydrogen-bond donors (Lipinski definition) is 0. The first-order valence-electron chi connectivity index (χ1n) is 18.5. The molecule has 0 aliphatic heterocycles. The Bertz CT molecular complexity index is 2120. The van der Waals surface area contributed by atoms with Crippen molar-refractivity contribution in [3.63, 3.8) is 0 Å². The fraction of sp³-hybridized carbons (Fsp3) is 0.182. The molecular weight excluding hydrogens is 980 g/mol. The summed E-state index contributed by atoms with van der Waals surface area (Å²) in [4.78, 5) is 32.3. The van der Waals surface area contributed by atoms with Gasteiger partial charge in [0.25, 0.3) is 0 Å². The van der Waals surface area contributed by atoms with Crippen LogP contribution in [0.15, 0.2) is 146 Å². The molecule has 15 heteroatoms. The van der Waals surface area contributed by atoms with E-state index < -0.39 is 47.9 Å². The van der Waals surface area contributed by atoms with E-state index in [0.717, 1.165) is 22.7 Å². The summed E-state index contributed by atoms with van der Waals surface area (Å²) in [7, 11) is 15.6. The molecule has 0 amide bonds. The number of para-hydroxylation sites is 4. The number of anilines is 4. The molecule has 6 rings (SSSR count). The second kappa shape index (κ2) is 18.2. The molecule has 0 radical (unpaired) electrons. The summed E-state index contributed by atoms with van der Waals surface area (Å²) < 4.78 is 25.5. The molecule has 6 aromatic carbocycles. The maximum atomic E-state index is 12.7. The van der Waals surface area contributed by atoms with Crippen LogP contribution in [0.2, 0.25) is 0 Å². The molecule has 0 fully saturated rings. The van der Waals surface area contributed by atoms with Crippen molar-refractivity contribution < 1.29 is 17.5 Å². The summed E-state index contributed by atoms with van der Waals surface area (Å²) in [5.74, 6) is 0.0563. The van der Waals surface area contributed by atoms with Gasteiger partial charge in [-0.1, -0.05) is 0 Å². The first kappa shape index (κ1) is 43.0. The van der Waals surface area contributed by atoms with Crippen molar-refractivity contribution in [2.75, 3.05) is 76.0 Å². The standard InChI is InChI=1S/C44H48N6O7Te2/c1-45(2)33-17-25-37(26-18-33)58(38-27-19-34(20-28-38)46(3)4,55-43-15-11-9-13-41(43)49(51)52)57-59(39-29-21-35(22-30-39)47(5)6,40-31-23-36(24-32-40)48(7)8)56-44-16-12-10-14-42(44)50(53)54/h9-32H,1-8H3. The summed E-state index contributed by atoms with van der Waals surface area (Å²) in [5, 5.41) is 25.3. The van der Waals surface area contributed by atoms with E-state index in [1.807, 2.05) is 173 Å². The molecule has 308 valence electrons. The minimum atomic E-state index is -5.19. The summed E-state index contributed by atoms with van der Waals surface area (Å²) in [5.41, 5.74) is 3.21. The number of nitrogens with zero attached hydrogens (tertiary/aromatic N) is 6. The van der Waals surface area contributed by atoms with Gasteiger partial charge in [-0.2, -0.15) is 0 Å². The number of rotatable bonds is 16. The fourth-order valence-electron chi connectivity index (χ4n) is 6.09. The van der Waals surface area contributed by atoms with Gasteiger partial charge in [0, 0.05) is 0 Å². The summed E-state index contributed by atoms with van der Waals surface area (Å²) in [6.07, 6.45) is 0. The number of hydrogen-bond acceptors (Lipinski definition) is 11. The molecule has 0 aliphatic carbocycles. The van der Waals surface area contributed by atoms with E-state index in [0.29, 0.717) is 14.4 Å². The van der Waals surface area contributed by atoms with Gasteiger partial charge in [-0.25, -0.2) is 0 Å². The molecule has 13 nitrogen and oxygen atoms in total. The van der Waals surface area contributed by atoms with Gasteiger partial charge in [0.05, 0.1) is 0 Å². The number of benzene rings is 6. The quantitative estimate of drug-likeness (QED) is 0.0669. The van der Waals surface area contributed by atoms with Crippen LogP contribution in [0.3, 0.4) is 0 Å². The molecule has 0 atom stereocenters. The third-order valence-corrected chi connectivity index (χ3v) is 30.4. The molecule has 0 N–H and O–H groups in total. The minimum absolute atomic E-state index is 0.0282. The predicted molar refractivity (Wildman–Crippen MR) is 242 cm³/mol. The van der Waals surface area contributed by atoms with E-state index in [9.17, 15) is 20.2 Å². The first-order valence-corrected chi connectivity index (χ1v) is 26.9. The van der Waals surface area contributed by atoms with Gasteiger partial charge in [0.1, 0.15) is 0 Å². The van der Waals surface area contributed by atoms with Crippen LogP contribution in [0.25, 0.3) is 0 Å². The average Bonchev–Trinajstić information content (AvgIpc) is 3.23. The van der Waals surface area contributed by atoms with Crippen LogP contribution >= 0.6 is 0 Å². The van der Waals surface area contributed by atoms with Crippen LogP contribution < -0.4 is 40.2 Å². The van der Waals surface area contributed by atoms with Crippen molar-refractivity contribution in [2.45, 2.75) is 0 Å². The van der Waals surface area contributed by atoms with E-state index >= 15 is 0 Å². The predicted octanol–water partition coefficient (Wildman–Crippen LogP) is 5.75. The Balaban J connectivity index is 1.78. The van der Waals surface area contributed by atoms with Crippen LogP contribution in [0.4, 0.5) is 34.1 Å². The van der Waals surface area contributed by atoms with Crippen molar-refractivity contribution in [1.29, 1.82) is 0 Å². The molecule has 0 unspecified atom stereocenters. The van der Waals surface area contributed by atoms with E-state index in [1.165, 1.54) is 12.1 Å². The Hall–Kier alpha value is -5.54. The zero-order valence-corrected chi connectivity index (χ0v) is 38.9. The molecule has 0 saturated carbocycles. The molecule has 0 spiro atoms. The van der Waals surface area contributed by atoms with Crippen LogP contribution in [0, 0.1) is 20.2 Å². The van der Waals surface area contributed by atoms with Crippen molar-refractivity contribution in [3.8, 4) is 11.5 Å². The van der Waals surface area contributed by atoms with E-state index in [2.05, 4.69) is 0 Å². The summed E-state index contributed by atoms with van der Waals surface area (Å²) >= 11 is -10.4. The molecule has 0 aromatic heterocycles. The van der Waals surface area contributed by atoms with E-state index in [4.69, 9.17) is 7.67 Å².